The molecule has 1 N–H and O–H groups in total. The molecule has 0 bridgehead atoms. The predicted octanol–water partition coefficient (Wildman–Crippen LogP) is 1.16. The summed E-state index contributed by atoms with van der Waals surface area (Å²) in [7, 11) is 3.40. The van der Waals surface area contributed by atoms with E-state index in [0.29, 0.717) is 23.6 Å². The maximum atomic E-state index is 12.7. The number of hydrogen-bond donors (Lipinski definition) is 1. The van der Waals surface area contributed by atoms with Crippen LogP contribution in [0.2, 0.25) is 0 Å². The molecule has 7 heteroatoms. The molecule has 7 nitrogen and oxygen atoms in total. The minimum atomic E-state index is -0.579. The zero-order valence-electron chi connectivity index (χ0n) is 14.7. The Balaban J connectivity index is 1.87. The summed E-state index contributed by atoms with van der Waals surface area (Å²) in [6.07, 6.45) is 6.70. The van der Waals surface area contributed by atoms with Crippen molar-refractivity contribution in [2.24, 2.45) is 20.0 Å². The fourth-order valence-corrected chi connectivity index (χ4v) is 3.93. The topological polar surface area (TPSA) is 82.1 Å². The molecule has 0 amide bonds. The zero-order valence-corrected chi connectivity index (χ0v) is 14.7. The Kier molecular flexibility index (Phi) is 4.38. The molecule has 24 heavy (non-hydrogen) atoms. The summed E-state index contributed by atoms with van der Waals surface area (Å²) in [6.45, 7) is 2.40. The summed E-state index contributed by atoms with van der Waals surface area (Å²) < 4.78 is 4.40. The molecule has 1 aliphatic carbocycles. The van der Waals surface area contributed by atoms with Crippen molar-refractivity contribution in [3.63, 3.8) is 0 Å². The van der Waals surface area contributed by atoms with Gasteiger partial charge in [-0.15, -0.1) is 0 Å². The van der Waals surface area contributed by atoms with Crippen molar-refractivity contribution in [3.05, 3.63) is 27.2 Å². The molecule has 1 fully saturated rings. The molecule has 132 valence electrons. The lowest BCUT2D eigenvalue weighted by atomic mass is 9.75. The van der Waals surface area contributed by atoms with Gasteiger partial charge in [-0.2, -0.15) is 0 Å². The van der Waals surface area contributed by atoms with Crippen LogP contribution >= 0.6 is 0 Å². The highest BCUT2D eigenvalue weighted by Gasteiger charge is 2.32. The van der Waals surface area contributed by atoms with Crippen LogP contribution in [-0.2, 0) is 20.6 Å². The molecule has 2 aromatic rings. The summed E-state index contributed by atoms with van der Waals surface area (Å²) in [5, 5.41) is 10.5. The average molecular weight is 334 g/mol. The van der Waals surface area contributed by atoms with Crippen LogP contribution in [0.25, 0.3) is 11.2 Å². The number of hydrogen-bond acceptors (Lipinski definition) is 4. The summed E-state index contributed by atoms with van der Waals surface area (Å²) in [4.78, 5) is 29.3. The number of rotatable bonds is 4. The normalized spacial score (nSPS) is 24.6. The summed E-state index contributed by atoms with van der Waals surface area (Å²) in [5.41, 5.74) is -0.319. The van der Waals surface area contributed by atoms with Crippen LogP contribution in [-0.4, -0.2) is 29.4 Å². The van der Waals surface area contributed by atoms with E-state index in [0.717, 1.165) is 38.5 Å². The second-order valence-electron chi connectivity index (χ2n) is 7.16. The molecule has 2 unspecified atom stereocenters. The number of aryl methyl sites for hydroxylation is 2. The van der Waals surface area contributed by atoms with Gasteiger partial charge in [-0.25, -0.2) is 9.78 Å². The van der Waals surface area contributed by atoms with Crippen LogP contribution in [0.1, 0.15) is 45.4 Å². The van der Waals surface area contributed by atoms with Crippen LogP contribution in [0.4, 0.5) is 0 Å². The molecule has 3 rings (SSSR count). The van der Waals surface area contributed by atoms with Crippen molar-refractivity contribution in [2.75, 3.05) is 0 Å². The van der Waals surface area contributed by atoms with Crippen molar-refractivity contribution in [3.8, 4) is 0 Å². The van der Waals surface area contributed by atoms with E-state index in [9.17, 15) is 14.7 Å². The van der Waals surface area contributed by atoms with Gasteiger partial charge in [0, 0.05) is 20.6 Å². The second kappa shape index (κ2) is 6.20. The first-order valence-corrected chi connectivity index (χ1v) is 8.69. The van der Waals surface area contributed by atoms with Crippen molar-refractivity contribution in [2.45, 2.75) is 57.6 Å². The van der Waals surface area contributed by atoms with Crippen LogP contribution in [0.3, 0.4) is 0 Å². The van der Waals surface area contributed by atoms with Crippen LogP contribution in [0.5, 0.6) is 0 Å². The predicted molar refractivity (Wildman–Crippen MR) is 92.0 cm³/mol. The highest BCUT2D eigenvalue weighted by atomic mass is 16.3. The molecular formula is C17H26N4O3. The van der Waals surface area contributed by atoms with Gasteiger partial charge in [0.2, 0.25) is 0 Å². The molecule has 2 aromatic heterocycles. The van der Waals surface area contributed by atoms with Gasteiger partial charge < -0.3 is 9.67 Å². The largest absolute Gasteiger partial charge is 0.390 e. The maximum absolute atomic E-state index is 12.7. The van der Waals surface area contributed by atoms with Crippen molar-refractivity contribution >= 4 is 11.2 Å². The van der Waals surface area contributed by atoms with E-state index >= 15 is 0 Å². The third-order valence-electron chi connectivity index (χ3n) is 5.54. The minimum absolute atomic E-state index is 0.283. The Hall–Kier alpha value is -1.89. The average Bonchev–Trinajstić information content (AvgIpc) is 2.95. The Morgan fingerprint density at radius 3 is 2.83 bits per heavy atom. The van der Waals surface area contributed by atoms with Gasteiger partial charge >= 0.3 is 5.69 Å². The zero-order chi connectivity index (χ0) is 17.5. The number of fused-ring (bicyclic) bond motifs is 1. The van der Waals surface area contributed by atoms with Crippen molar-refractivity contribution < 1.29 is 5.11 Å². The quantitative estimate of drug-likeness (QED) is 0.909. The number of aromatic nitrogens is 4. The Morgan fingerprint density at radius 2 is 2.12 bits per heavy atom. The van der Waals surface area contributed by atoms with Crippen LogP contribution in [0.15, 0.2) is 15.9 Å². The summed E-state index contributed by atoms with van der Waals surface area (Å²) in [6, 6.07) is 0. The first-order valence-electron chi connectivity index (χ1n) is 8.69. The van der Waals surface area contributed by atoms with E-state index in [4.69, 9.17) is 0 Å². The lowest BCUT2D eigenvalue weighted by molar-refractivity contribution is -0.0212. The van der Waals surface area contributed by atoms with E-state index in [1.807, 2.05) is 6.92 Å². The molecule has 0 radical (unpaired) electrons. The fourth-order valence-electron chi connectivity index (χ4n) is 3.93. The molecule has 0 spiro atoms. The van der Waals surface area contributed by atoms with Crippen LogP contribution in [0, 0.1) is 5.92 Å². The summed E-state index contributed by atoms with van der Waals surface area (Å²) in [5.74, 6) is 0.350. The monoisotopic (exact) mass is 334 g/mol. The van der Waals surface area contributed by atoms with E-state index in [1.54, 1.807) is 25.0 Å². The van der Waals surface area contributed by atoms with Gasteiger partial charge in [0.15, 0.2) is 11.2 Å². The third-order valence-corrected chi connectivity index (χ3v) is 5.54. The molecule has 0 aliphatic heterocycles. The molecule has 1 saturated carbocycles. The second-order valence-corrected chi connectivity index (χ2v) is 7.16. The van der Waals surface area contributed by atoms with Gasteiger partial charge in [0.05, 0.1) is 11.9 Å². The van der Waals surface area contributed by atoms with E-state index in [-0.39, 0.29) is 11.2 Å². The van der Waals surface area contributed by atoms with Crippen molar-refractivity contribution in [1.29, 1.82) is 0 Å². The molecule has 0 aromatic carbocycles. The van der Waals surface area contributed by atoms with Gasteiger partial charge in [-0.3, -0.25) is 13.9 Å². The standard InChI is InChI=1S/C17H26N4O3/c1-4-17(24)8-5-6-12(10-17)7-9-21-15(22)13-14(18-11-19(13)2)20(3)16(21)23/h11-12,24H,4-10H2,1-3H3. The molecular weight excluding hydrogens is 308 g/mol. The molecule has 0 saturated heterocycles. The smallest absolute Gasteiger partial charge is 0.332 e. The van der Waals surface area contributed by atoms with Gasteiger partial charge in [-0.05, 0) is 31.6 Å². The first kappa shape index (κ1) is 17.0. The maximum Gasteiger partial charge on any atom is 0.332 e. The lowest BCUT2D eigenvalue weighted by Gasteiger charge is -2.36. The number of imidazole rings is 1. The highest BCUT2D eigenvalue weighted by Crippen LogP contribution is 2.36. The SMILES string of the molecule is CCC1(O)CCCC(CCn2c(=O)c3c(ncn3C)n(C)c2=O)C1. The highest BCUT2D eigenvalue weighted by molar-refractivity contribution is 5.69. The minimum Gasteiger partial charge on any atom is -0.390 e. The van der Waals surface area contributed by atoms with Crippen molar-refractivity contribution in [1.82, 2.24) is 18.7 Å². The molecule has 2 heterocycles. The first-order chi connectivity index (χ1) is 11.4. The Bertz CT molecular complexity index is 863. The number of nitrogens with zero attached hydrogens (tertiary/aromatic N) is 4. The summed E-state index contributed by atoms with van der Waals surface area (Å²) >= 11 is 0. The van der Waals surface area contributed by atoms with Crippen LogP contribution < -0.4 is 11.2 Å². The fraction of sp³-hybridized carbons (Fsp3) is 0.706. The van der Waals surface area contributed by atoms with E-state index in [2.05, 4.69) is 4.98 Å². The van der Waals surface area contributed by atoms with E-state index < -0.39 is 5.60 Å². The van der Waals surface area contributed by atoms with Gasteiger partial charge in [0.25, 0.3) is 5.56 Å². The van der Waals surface area contributed by atoms with Gasteiger partial charge in [0.1, 0.15) is 0 Å². The Morgan fingerprint density at radius 1 is 1.38 bits per heavy atom. The third kappa shape index (κ3) is 2.81. The molecule has 2 atom stereocenters. The van der Waals surface area contributed by atoms with E-state index in [1.165, 1.54) is 9.13 Å². The number of aliphatic hydroxyl groups is 1. The molecule has 1 aliphatic rings. The lowest BCUT2D eigenvalue weighted by Crippen LogP contribution is -2.41. The van der Waals surface area contributed by atoms with Gasteiger partial charge in [-0.1, -0.05) is 19.8 Å². The Labute approximate surface area is 140 Å².